The molecule has 4 N–H and O–H groups in total. The number of hydrogen-bond acceptors (Lipinski definition) is 4. The molecule has 8 bridgehead atoms. The van der Waals surface area contributed by atoms with Crippen molar-refractivity contribution in [2.75, 3.05) is 6.54 Å². The first-order chi connectivity index (χ1) is 23.6. The molecule has 0 atom stereocenters. The molecule has 8 nitrogen and oxygen atoms in total. The van der Waals surface area contributed by atoms with Crippen LogP contribution >= 0.6 is 0 Å². The van der Waals surface area contributed by atoms with Crippen LogP contribution in [0.15, 0.2) is 37.4 Å². The number of carbonyl (C=O) groups excluding carboxylic acids is 1. The van der Waals surface area contributed by atoms with E-state index in [-0.39, 0.29) is 12.3 Å². The van der Waals surface area contributed by atoms with Gasteiger partial charge in [-0.1, -0.05) is 57.9 Å². The van der Waals surface area contributed by atoms with Gasteiger partial charge in [0.25, 0.3) is 0 Å². The number of aromatic amines is 2. The second-order valence-corrected chi connectivity index (χ2v) is 13.1. The summed E-state index contributed by atoms with van der Waals surface area (Å²) in [5.74, 6) is -0.832. The number of carboxylic acid groups (broad SMARTS) is 1. The van der Waals surface area contributed by atoms with Crippen molar-refractivity contribution in [3.8, 4) is 0 Å². The minimum atomic E-state index is -0.860. The lowest BCUT2D eigenvalue weighted by atomic mass is 9.98. The van der Waals surface area contributed by atoms with Crippen LogP contribution in [0.1, 0.15) is 124 Å². The van der Waals surface area contributed by atoms with Gasteiger partial charge in [-0.3, -0.25) is 9.59 Å². The third-order valence-electron chi connectivity index (χ3n) is 9.83. The average Bonchev–Trinajstić information content (AvgIpc) is 3.73. The van der Waals surface area contributed by atoms with Crippen LogP contribution in [0, 0.1) is 13.8 Å². The minimum Gasteiger partial charge on any atom is -0.481 e. The van der Waals surface area contributed by atoms with Crippen LogP contribution in [0.25, 0.3) is 56.5 Å². The molecule has 49 heavy (non-hydrogen) atoms. The van der Waals surface area contributed by atoms with Gasteiger partial charge in [0.15, 0.2) is 0 Å². The van der Waals surface area contributed by atoms with Gasteiger partial charge < -0.3 is 20.4 Å². The number of H-pyrrole nitrogens is 2. The molecule has 256 valence electrons. The van der Waals surface area contributed by atoms with E-state index >= 15 is 0 Å². The fourth-order valence-electron chi connectivity index (χ4n) is 6.82. The molecule has 0 aromatic carbocycles. The van der Waals surface area contributed by atoms with E-state index in [9.17, 15) is 14.7 Å². The van der Waals surface area contributed by atoms with Crippen molar-refractivity contribution in [3.05, 3.63) is 82.5 Å². The van der Waals surface area contributed by atoms with Gasteiger partial charge in [-0.25, -0.2) is 9.97 Å². The predicted molar refractivity (Wildman–Crippen MR) is 204 cm³/mol. The number of amides is 1. The number of carboxylic acids is 1. The van der Waals surface area contributed by atoms with Crippen LogP contribution in [-0.4, -0.2) is 43.5 Å². The SMILES string of the molecule is C=Cc1c(C)c2cc3[nH]c(cc4nc(cc5nc(cc1[nH]2)C(C)=C5CCC(=O)NCCCCCCC)C(CCC(=O)O)=C4C)c(C)c3C=C. The van der Waals surface area contributed by atoms with Gasteiger partial charge in [0.2, 0.25) is 5.91 Å². The molecule has 0 radical (unpaired) electrons. The molecular formula is C41H49N5O3. The number of unbranched alkanes of at least 4 members (excludes halogenated alkanes) is 4. The first-order valence-electron chi connectivity index (χ1n) is 17.5. The van der Waals surface area contributed by atoms with E-state index in [0.29, 0.717) is 31.5 Å². The van der Waals surface area contributed by atoms with Crippen LogP contribution in [0.3, 0.4) is 0 Å². The van der Waals surface area contributed by atoms with Gasteiger partial charge in [0.1, 0.15) is 0 Å². The van der Waals surface area contributed by atoms with Gasteiger partial charge in [-0.15, -0.1) is 0 Å². The maximum Gasteiger partial charge on any atom is 0.303 e. The molecule has 0 saturated heterocycles. The van der Waals surface area contributed by atoms with E-state index in [1.54, 1.807) is 0 Å². The summed E-state index contributed by atoms with van der Waals surface area (Å²) in [4.78, 5) is 42.0. The molecule has 0 saturated carbocycles. The molecule has 5 heterocycles. The lowest BCUT2D eigenvalue weighted by molar-refractivity contribution is -0.136. The molecule has 0 aliphatic carbocycles. The number of nitrogens with one attached hydrogen (secondary N) is 3. The van der Waals surface area contributed by atoms with E-state index in [2.05, 4.69) is 62.2 Å². The summed E-state index contributed by atoms with van der Waals surface area (Å²) in [6.45, 7) is 19.3. The lowest BCUT2D eigenvalue weighted by Crippen LogP contribution is -2.24. The number of aromatic nitrogens is 4. The van der Waals surface area contributed by atoms with E-state index < -0.39 is 5.97 Å². The highest BCUT2D eigenvalue weighted by atomic mass is 16.4. The molecule has 8 heteroatoms. The van der Waals surface area contributed by atoms with Crippen molar-refractivity contribution in [2.24, 2.45) is 0 Å². The smallest absolute Gasteiger partial charge is 0.303 e. The number of hydrogen-bond donors (Lipinski definition) is 4. The molecule has 0 unspecified atom stereocenters. The lowest BCUT2D eigenvalue weighted by Gasteiger charge is -2.08. The topological polar surface area (TPSA) is 124 Å². The Labute approximate surface area is 289 Å². The Morgan fingerprint density at radius 1 is 0.714 bits per heavy atom. The first-order valence-corrected chi connectivity index (χ1v) is 17.5. The minimum absolute atomic E-state index is 0.00928. The Morgan fingerprint density at radius 3 is 1.78 bits per heavy atom. The largest absolute Gasteiger partial charge is 0.481 e. The van der Waals surface area contributed by atoms with Crippen molar-refractivity contribution in [2.45, 2.75) is 92.4 Å². The molecule has 0 spiro atoms. The molecule has 2 aliphatic rings. The molecule has 1 amide bonds. The van der Waals surface area contributed by atoms with Crippen LogP contribution in [-0.2, 0) is 9.59 Å². The number of aryl methyl sites for hydroxylation is 2. The van der Waals surface area contributed by atoms with E-state index in [1.807, 2.05) is 37.3 Å². The van der Waals surface area contributed by atoms with Gasteiger partial charge in [0.05, 0.1) is 22.8 Å². The molecule has 5 rings (SSSR count). The standard InChI is InChI=1S/C41H49N5O3/c1-8-11-12-13-14-19-42-40(47)17-15-30-26(6)35-22-37-29(10-3)25(5)34(44-37)21-36-28(9-2)24(4)32(43-36)20-33-27(7)31(16-18-41(48)49)39(45-33)23-38(30)46-35/h9-10,20-23,43-44H,2-3,8,11-19H2,1,4-7H3,(H,42,47)(H,48,49). The van der Waals surface area contributed by atoms with Crippen molar-refractivity contribution in [1.82, 2.24) is 25.3 Å². The second-order valence-electron chi connectivity index (χ2n) is 13.1. The van der Waals surface area contributed by atoms with Gasteiger partial charge in [-0.2, -0.15) is 0 Å². The van der Waals surface area contributed by atoms with Crippen molar-refractivity contribution in [1.29, 1.82) is 0 Å². The Hall–Kier alpha value is -4.98. The summed E-state index contributed by atoms with van der Waals surface area (Å²) >= 11 is 0. The Bertz CT molecular complexity index is 2040. The number of rotatable bonds is 14. The quantitative estimate of drug-likeness (QED) is 0.128. The van der Waals surface area contributed by atoms with Crippen molar-refractivity contribution in [3.63, 3.8) is 0 Å². The fourth-order valence-corrected chi connectivity index (χ4v) is 6.82. The van der Waals surface area contributed by atoms with Crippen LogP contribution in [0.5, 0.6) is 0 Å². The highest BCUT2D eigenvalue weighted by molar-refractivity contribution is 5.97. The Kier molecular flexibility index (Phi) is 11.2. The third kappa shape index (κ3) is 7.69. The maximum atomic E-state index is 12.9. The zero-order chi connectivity index (χ0) is 35.2. The molecule has 0 fully saturated rings. The molecule has 2 aliphatic heterocycles. The summed E-state index contributed by atoms with van der Waals surface area (Å²) in [7, 11) is 0. The summed E-state index contributed by atoms with van der Waals surface area (Å²) in [6, 6.07) is 8.14. The van der Waals surface area contributed by atoms with Gasteiger partial charge in [-0.05, 0) is 105 Å². The number of nitrogens with zero attached hydrogens (tertiary/aromatic N) is 2. The second kappa shape index (κ2) is 15.5. The van der Waals surface area contributed by atoms with Gasteiger partial charge in [0, 0.05) is 52.6 Å². The highest BCUT2D eigenvalue weighted by Crippen LogP contribution is 2.38. The predicted octanol–water partition coefficient (Wildman–Crippen LogP) is 9.81. The zero-order valence-electron chi connectivity index (χ0n) is 29.6. The summed E-state index contributed by atoms with van der Waals surface area (Å²) in [5, 5.41) is 12.7. The summed E-state index contributed by atoms with van der Waals surface area (Å²) < 4.78 is 0. The van der Waals surface area contributed by atoms with Crippen molar-refractivity contribution >= 4 is 68.4 Å². The monoisotopic (exact) mass is 659 g/mol. The zero-order valence-corrected chi connectivity index (χ0v) is 29.6. The number of fused-ring (bicyclic) bond motifs is 8. The van der Waals surface area contributed by atoms with Gasteiger partial charge >= 0.3 is 5.97 Å². The number of carbonyl (C=O) groups is 2. The normalized spacial score (nSPS) is 12.8. The summed E-state index contributed by atoms with van der Waals surface area (Å²) in [6.07, 6.45) is 10.7. The van der Waals surface area contributed by atoms with E-state index in [1.165, 1.54) is 19.3 Å². The third-order valence-corrected chi connectivity index (χ3v) is 9.83. The number of allylic oxidation sites excluding steroid dienone is 4. The highest BCUT2D eigenvalue weighted by Gasteiger charge is 2.23. The molecule has 3 aromatic heterocycles. The van der Waals surface area contributed by atoms with Crippen molar-refractivity contribution < 1.29 is 14.7 Å². The average molecular weight is 660 g/mol. The molecule has 3 aromatic rings. The first kappa shape index (κ1) is 35.3. The van der Waals surface area contributed by atoms with Crippen LogP contribution in [0.2, 0.25) is 0 Å². The maximum absolute atomic E-state index is 12.9. The van der Waals surface area contributed by atoms with E-state index in [0.717, 1.165) is 96.5 Å². The fraction of sp³-hybridized carbons (Fsp3) is 0.366. The Balaban J connectivity index is 1.69. The van der Waals surface area contributed by atoms with Crippen LogP contribution in [0.4, 0.5) is 0 Å². The van der Waals surface area contributed by atoms with E-state index in [4.69, 9.17) is 9.97 Å². The number of aliphatic carboxylic acids is 1. The molecular weight excluding hydrogens is 610 g/mol. The Morgan fingerprint density at radius 2 is 1.22 bits per heavy atom. The summed E-state index contributed by atoms with van der Waals surface area (Å²) in [5.41, 5.74) is 14.6. The van der Waals surface area contributed by atoms with Crippen LogP contribution < -0.4 is 5.32 Å².